The molecule has 1 aromatic rings. The van der Waals surface area contributed by atoms with E-state index in [4.69, 9.17) is 5.11 Å². The van der Waals surface area contributed by atoms with Gasteiger partial charge in [-0.05, 0) is 27.7 Å². The van der Waals surface area contributed by atoms with Crippen molar-refractivity contribution in [1.29, 1.82) is 0 Å². The van der Waals surface area contributed by atoms with E-state index >= 15 is 0 Å². The highest BCUT2D eigenvalue weighted by atomic mass is 32.1. The first kappa shape index (κ1) is 14.4. The Morgan fingerprint density at radius 1 is 1.44 bits per heavy atom. The summed E-state index contributed by atoms with van der Waals surface area (Å²) in [4.78, 5) is 26.3. The van der Waals surface area contributed by atoms with Crippen LogP contribution in [0.1, 0.15) is 38.2 Å². The summed E-state index contributed by atoms with van der Waals surface area (Å²) in [7, 11) is 0. The van der Waals surface area contributed by atoms with Crippen LogP contribution in [-0.2, 0) is 4.79 Å². The SMILES string of the molecule is CC(Nc1nc(C(=O)O)cs1)C(=O)NC(C)(C)C. The minimum Gasteiger partial charge on any atom is -0.476 e. The zero-order chi connectivity index (χ0) is 13.9. The molecule has 1 amide bonds. The van der Waals surface area contributed by atoms with Gasteiger partial charge in [-0.2, -0.15) is 0 Å². The predicted octanol–water partition coefficient (Wildman–Crippen LogP) is 1.56. The summed E-state index contributed by atoms with van der Waals surface area (Å²) in [5, 5.41) is 16.3. The number of carboxylic acids is 1. The van der Waals surface area contributed by atoms with Gasteiger partial charge in [-0.15, -0.1) is 11.3 Å². The largest absolute Gasteiger partial charge is 0.476 e. The molecule has 0 spiro atoms. The molecule has 3 N–H and O–H groups in total. The third-order valence-corrected chi connectivity index (χ3v) is 2.73. The van der Waals surface area contributed by atoms with Crippen LogP contribution < -0.4 is 10.6 Å². The maximum Gasteiger partial charge on any atom is 0.355 e. The number of hydrogen-bond acceptors (Lipinski definition) is 5. The van der Waals surface area contributed by atoms with Crippen LogP contribution >= 0.6 is 11.3 Å². The first-order chi connectivity index (χ1) is 8.19. The number of aromatic nitrogens is 1. The monoisotopic (exact) mass is 271 g/mol. The lowest BCUT2D eigenvalue weighted by Gasteiger charge is -2.23. The lowest BCUT2D eigenvalue weighted by atomic mass is 10.1. The molecule has 0 aliphatic carbocycles. The van der Waals surface area contributed by atoms with Crippen molar-refractivity contribution in [3.8, 4) is 0 Å². The minimum absolute atomic E-state index is 0.0223. The Kier molecular flexibility index (Phi) is 4.28. The number of carbonyl (C=O) groups excluding carboxylic acids is 1. The Labute approximate surface area is 109 Å². The van der Waals surface area contributed by atoms with Crippen LogP contribution in [0.2, 0.25) is 0 Å². The minimum atomic E-state index is -1.08. The molecule has 1 aromatic heterocycles. The van der Waals surface area contributed by atoms with Gasteiger partial charge in [0.1, 0.15) is 6.04 Å². The molecule has 0 aromatic carbocycles. The Bertz CT molecular complexity index is 451. The highest BCUT2D eigenvalue weighted by molar-refractivity contribution is 7.13. The summed E-state index contributed by atoms with van der Waals surface area (Å²) in [6.07, 6.45) is 0. The number of anilines is 1. The van der Waals surface area contributed by atoms with Crippen LogP contribution in [0.5, 0.6) is 0 Å². The van der Waals surface area contributed by atoms with Crippen LogP contribution in [-0.4, -0.2) is 33.5 Å². The van der Waals surface area contributed by atoms with Gasteiger partial charge in [0.2, 0.25) is 5.91 Å². The molecule has 7 heteroatoms. The number of aromatic carboxylic acids is 1. The van der Waals surface area contributed by atoms with Crippen molar-refractivity contribution < 1.29 is 14.7 Å². The number of rotatable bonds is 4. The Morgan fingerprint density at radius 2 is 2.06 bits per heavy atom. The van der Waals surface area contributed by atoms with E-state index in [1.807, 2.05) is 20.8 Å². The number of nitrogens with one attached hydrogen (secondary N) is 2. The molecule has 1 heterocycles. The average molecular weight is 271 g/mol. The van der Waals surface area contributed by atoms with Gasteiger partial charge in [0.25, 0.3) is 0 Å². The van der Waals surface area contributed by atoms with Gasteiger partial charge in [-0.25, -0.2) is 9.78 Å². The third kappa shape index (κ3) is 4.33. The van der Waals surface area contributed by atoms with Crippen molar-refractivity contribution in [2.24, 2.45) is 0 Å². The molecule has 0 saturated heterocycles. The van der Waals surface area contributed by atoms with Crippen molar-refractivity contribution in [2.45, 2.75) is 39.3 Å². The van der Waals surface area contributed by atoms with Gasteiger partial charge >= 0.3 is 5.97 Å². The molecule has 6 nitrogen and oxygen atoms in total. The highest BCUT2D eigenvalue weighted by Gasteiger charge is 2.20. The van der Waals surface area contributed by atoms with Gasteiger partial charge in [-0.1, -0.05) is 0 Å². The van der Waals surface area contributed by atoms with Gasteiger partial charge in [0, 0.05) is 10.9 Å². The molecule has 1 rings (SSSR count). The molecule has 0 fully saturated rings. The maximum atomic E-state index is 11.8. The molecular formula is C11H17N3O3S. The summed E-state index contributed by atoms with van der Waals surface area (Å²) < 4.78 is 0. The topological polar surface area (TPSA) is 91.3 Å². The Morgan fingerprint density at radius 3 is 2.50 bits per heavy atom. The molecule has 0 saturated carbocycles. The van der Waals surface area contributed by atoms with Crippen molar-refractivity contribution >= 4 is 28.3 Å². The molecule has 1 unspecified atom stereocenters. The van der Waals surface area contributed by atoms with E-state index in [-0.39, 0.29) is 17.1 Å². The van der Waals surface area contributed by atoms with E-state index in [0.717, 1.165) is 11.3 Å². The van der Waals surface area contributed by atoms with Crippen LogP contribution in [0.25, 0.3) is 0 Å². The lowest BCUT2D eigenvalue weighted by molar-refractivity contribution is -0.122. The fourth-order valence-electron chi connectivity index (χ4n) is 1.17. The summed E-state index contributed by atoms with van der Waals surface area (Å²) in [5.41, 5.74) is -0.326. The van der Waals surface area contributed by atoms with Crippen LogP contribution in [0.15, 0.2) is 5.38 Å². The number of carbonyl (C=O) groups is 2. The first-order valence-electron chi connectivity index (χ1n) is 5.46. The second-order valence-electron chi connectivity index (χ2n) is 4.95. The fraction of sp³-hybridized carbons (Fsp3) is 0.545. The summed E-state index contributed by atoms with van der Waals surface area (Å²) in [6.45, 7) is 7.37. The molecule has 100 valence electrons. The maximum absolute atomic E-state index is 11.8. The van der Waals surface area contributed by atoms with Crippen molar-refractivity contribution in [1.82, 2.24) is 10.3 Å². The summed E-state index contributed by atoms with van der Waals surface area (Å²) >= 11 is 1.16. The average Bonchev–Trinajstić information content (AvgIpc) is 2.63. The van der Waals surface area contributed by atoms with Crippen molar-refractivity contribution in [2.75, 3.05) is 5.32 Å². The molecule has 1 atom stereocenters. The normalized spacial score (nSPS) is 12.9. The van der Waals surface area contributed by atoms with Crippen molar-refractivity contribution in [3.05, 3.63) is 11.1 Å². The molecule has 0 bridgehead atoms. The molecule has 0 aliphatic heterocycles. The van der Waals surface area contributed by atoms with E-state index < -0.39 is 12.0 Å². The summed E-state index contributed by atoms with van der Waals surface area (Å²) in [5.74, 6) is -1.24. The Hall–Kier alpha value is -1.63. The van der Waals surface area contributed by atoms with Crippen LogP contribution in [0.4, 0.5) is 5.13 Å². The second kappa shape index (κ2) is 5.34. The zero-order valence-corrected chi connectivity index (χ0v) is 11.6. The van der Waals surface area contributed by atoms with Gasteiger partial charge in [0.05, 0.1) is 0 Å². The van der Waals surface area contributed by atoms with Gasteiger partial charge in [-0.3, -0.25) is 4.79 Å². The van der Waals surface area contributed by atoms with E-state index in [1.165, 1.54) is 5.38 Å². The molecule has 18 heavy (non-hydrogen) atoms. The lowest BCUT2D eigenvalue weighted by Crippen LogP contribution is -2.47. The Balaban J connectivity index is 2.61. The fourth-order valence-corrected chi connectivity index (χ4v) is 1.94. The second-order valence-corrected chi connectivity index (χ2v) is 5.81. The van der Waals surface area contributed by atoms with E-state index in [0.29, 0.717) is 5.13 Å². The van der Waals surface area contributed by atoms with Gasteiger partial charge in [0.15, 0.2) is 10.8 Å². The number of amides is 1. The quantitative estimate of drug-likeness (QED) is 0.773. The van der Waals surface area contributed by atoms with E-state index in [2.05, 4.69) is 15.6 Å². The first-order valence-corrected chi connectivity index (χ1v) is 6.34. The molecule has 0 radical (unpaired) electrons. The third-order valence-electron chi connectivity index (χ3n) is 1.95. The van der Waals surface area contributed by atoms with Gasteiger partial charge < -0.3 is 15.7 Å². The molecular weight excluding hydrogens is 254 g/mol. The standard InChI is InChI=1S/C11H17N3O3S/c1-6(8(15)14-11(2,3)4)12-10-13-7(5-18-10)9(16)17/h5-6H,1-4H3,(H,12,13)(H,14,15)(H,16,17). The van der Waals surface area contributed by atoms with E-state index in [9.17, 15) is 9.59 Å². The number of hydrogen-bond donors (Lipinski definition) is 3. The van der Waals surface area contributed by atoms with E-state index in [1.54, 1.807) is 6.92 Å². The zero-order valence-electron chi connectivity index (χ0n) is 10.8. The number of thiazole rings is 1. The summed E-state index contributed by atoms with van der Waals surface area (Å²) in [6, 6.07) is -0.475. The highest BCUT2D eigenvalue weighted by Crippen LogP contribution is 2.16. The number of nitrogens with zero attached hydrogens (tertiary/aromatic N) is 1. The van der Waals surface area contributed by atoms with Crippen LogP contribution in [0.3, 0.4) is 0 Å². The van der Waals surface area contributed by atoms with Crippen molar-refractivity contribution in [3.63, 3.8) is 0 Å². The van der Waals surface area contributed by atoms with Crippen LogP contribution in [0, 0.1) is 0 Å². The number of carboxylic acid groups (broad SMARTS) is 1. The molecule has 0 aliphatic rings. The smallest absolute Gasteiger partial charge is 0.355 e. The predicted molar refractivity (Wildman–Crippen MR) is 70.1 cm³/mol.